The Morgan fingerprint density at radius 2 is 1.90 bits per heavy atom. The van der Waals surface area contributed by atoms with Crippen molar-refractivity contribution >= 4 is 17.3 Å². The Morgan fingerprint density at radius 3 is 2.52 bits per heavy atom. The van der Waals surface area contributed by atoms with Gasteiger partial charge in [-0.15, -0.1) is 0 Å². The van der Waals surface area contributed by atoms with Crippen LogP contribution in [-0.2, 0) is 6.42 Å². The van der Waals surface area contributed by atoms with E-state index in [1.165, 1.54) is 5.56 Å². The minimum absolute atomic E-state index is 0.337. The summed E-state index contributed by atoms with van der Waals surface area (Å²) in [5.41, 5.74) is 13.7. The molecule has 0 aliphatic carbocycles. The predicted octanol–water partition coefficient (Wildman–Crippen LogP) is 2.03. The number of primary amides is 1. The van der Waals surface area contributed by atoms with E-state index >= 15 is 0 Å². The maximum Gasteiger partial charge on any atom is 0.250 e. The Hall–Kier alpha value is -2.69. The third-order valence-electron chi connectivity index (χ3n) is 3.22. The SMILES string of the molecule is COc1ccc(CCNc2ccc(N)c(C(N)=O)c2)cc1. The van der Waals surface area contributed by atoms with Gasteiger partial charge >= 0.3 is 0 Å². The molecule has 5 heteroatoms. The van der Waals surface area contributed by atoms with Gasteiger partial charge in [0.2, 0.25) is 0 Å². The molecule has 0 bridgehead atoms. The standard InChI is InChI=1S/C16H19N3O2/c1-21-13-5-2-11(3-6-13)8-9-19-12-4-7-15(17)14(10-12)16(18)20/h2-7,10,19H,8-9,17H2,1H3,(H2,18,20). The van der Waals surface area contributed by atoms with E-state index in [4.69, 9.17) is 16.2 Å². The van der Waals surface area contributed by atoms with Gasteiger partial charge in [0.05, 0.1) is 12.7 Å². The Labute approximate surface area is 123 Å². The molecule has 5 nitrogen and oxygen atoms in total. The second kappa shape index (κ2) is 6.65. The van der Waals surface area contributed by atoms with Crippen molar-refractivity contribution in [1.29, 1.82) is 0 Å². The number of benzene rings is 2. The van der Waals surface area contributed by atoms with Gasteiger partial charge in [-0.2, -0.15) is 0 Å². The van der Waals surface area contributed by atoms with Gasteiger partial charge in [-0.1, -0.05) is 12.1 Å². The molecule has 0 spiro atoms. The summed E-state index contributed by atoms with van der Waals surface area (Å²) < 4.78 is 5.12. The number of carbonyl (C=O) groups is 1. The van der Waals surface area contributed by atoms with E-state index in [2.05, 4.69) is 5.32 Å². The number of amides is 1. The molecule has 0 aromatic heterocycles. The summed E-state index contributed by atoms with van der Waals surface area (Å²) >= 11 is 0. The zero-order chi connectivity index (χ0) is 15.2. The summed E-state index contributed by atoms with van der Waals surface area (Å²) in [6.45, 7) is 0.744. The van der Waals surface area contributed by atoms with Crippen LogP contribution >= 0.6 is 0 Å². The lowest BCUT2D eigenvalue weighted by atomic mass is 10.1. The molecule has 21 heavy (non-hydrogen) atoms. The van der Waals surface area contributed by atoms with Gasteiger partial charge in [-0.05, 0) is 42.3 Å². The van der Waals surface area contributed by atoms with Crippen molar-refractivity contribution in [1.82, 2.24) is 0 Å². The van der Waals surface area contributed by atoms with Crippen molar-refractivity contribution in [2.24, 2.45) is 5.73 Å². The average molecular weight is 285 g/mol. The van der Waals surface area contributed by atoms with Crippen LogP contribution in [0.15, 0.2) is 42.5 Å². The molecule has 0 aliphatic rings. The molecule has 0 heterocycles. The highest BCUT2D eigenvalue weighted by Crippen LogP contribution is 2.17. The second-order valence-electron chi connectivity index (χ2n) is 4.69. The van der Waals surface area contributed by atoms with Crippen LogP contribution in [0.4, 0.5) is 11.4 Å². The minimum Gasteiger partial charge on any atom is -0.497 e. The largest absolute Gasteiger partial charge is 0.497 e. The number of rotatable bonds is 6. The van der Waals surface area contributed by atoms with Crippen LogP contribution in [0.5, 0.6) is 5.75 Å². The lowest BCUT2D eigenvalue weighted by Gasteiger charge is -2.09. The molecule has 0 atom stereocenters. The van der Waals surface area contributed by atoms with Gasteiger partial charge in [0.15, 0.2) is 0 Å². The third kappa shape index (κ3) is 3.89. The van der Waals surface area contributed by atoms with Crippen molar-refractivity contribution in [2.45, 2.75) is 6.42 Å². The number of carbonyl (C=O) groups excluding carboxylic acids is 1. The first-order chi connectivity index (χ1) is 10.1. The number of methoxy groups -OCH3 is 1. The molecule has 0 aliphatic heterocycles. The summed E-state index contributed by atoms with van der Waals surface area (Å²) in [4.78, 5) is 11.2. The first kappa shape index (κ1) is 14.7. The zero-order valence-electron chi connectivity index (χ0n) is 11.9. The number of hydrogen-bond acceptors (Lipinski definition) is 4. The van der Waals surface area contributed by atoms with Crippen LogP contribution in [0.1, 0.15) is 15.9 Å². The number of nitrogen functional groups attached to an aromatic ring is 1. The molecule has 110 valence electrons. The van der Waals surface area contributed by atoms with Gasteiger partial charge in [-0.25, -0.2) is 0 Å². The molecular weight excluding hydrogens is 266 g/mol. The topological polar surface area (TPSA) is 90.4 Å². The maximum atomic E-state index is 11.2. The Bertz CT molecular complexity index is 624. The number of nitrogens with two attached hydrogens (primary N) is 2. The highest BCUT2D eigenvalue weighted by Gasteiger charge is 2.06. The quantitative estimate of drug-likeness (QED) is 0.708. The molecule has 5 N–H and O–H groups in total. The van der Waals surface area contributed by atoms with Gasteiger partial charge in [-0.3, -0.25) is 4.79 Å². The van der Waals surface area contributed by atoms with Crippen LogP contribution < -0.4 is 21.5 Å². The maximum absolute atomic E-state index is 11.2. The molecule has 2 aromatic rings. The fraction of sp³-hybridized carbons (Fsp3) is 0.188. The van der Waals surface area contributed by atoms with Crippen molar-refractivity contribution in [2.75, 3.05) is 24.7 Å². The van der Waals surface area contributed by atoms with Crippen molar-refractivity contribution in [3.05, 3.63) is 53.6 Å². The third-order valence-corrected chi connectivity index (χ3v) is 3.22. The molecule has 1 amide bonds. The van der Waals surface area contributed by atoms with Crippen LogP contribution in [0.2, 0.25) is 0 Å². The molecule has 0 saturated carbocycles. The number of nitrogens with one attached hydrogen (secondary N) is 1. The minimum atomic E-state index is -0.522. The van der Waals surface area contributed by atoms with Crippen LogP contribution in [0.3, 0.4) is 0 Å². The van der Waals surface area contributed by atoms with Crippen LogP contribution in [0, 0.1) is 0 Å². The average Bonchev–Trinajstić information content (AvgIpc) is 2.49. The van der Waals surface area contributed by atoms with Crippen molar-refractivity contribution in [3.63, 3.8) is 0 Å². The van der Waals surface area contributed by atoms with E-state index in [0.29, 0.717) is 11.3 Å². The first-order valence-corrected chi connectivity index (χ1v) is 6.66. The summed E-state index contributed by atoms with van der Waals surface area (Å²) in [5.74, 6) is 0.322. The second-order valence-corrected chi connectivity index (χ2v) is 4.69. The van der Waals surface area contributed by atoms with Crippen molar-refractivity contribution < 1.29 is 9.53 Å². The highest BCUT2D eigenvalue weighted by molar-refractivity contribution is 5.98. The van der Waals surface area contributed by atoms with Gasteiger partial charge in [0, 0.05) is 17.9 Å². The summed E-state index contributed by atoms with van der Waals surface area (Å²) in [7, 11) is 1.65. The highest BCUT2D eigenvalue weighted by atomic mass is 16.5. The number of ether oxygens (including phenoxy) is 1. The Balaban J connectivity index is 1.93. The monoisotopic (exact) mass is 285 g/mol. The smallest absolute Gasteiger partial charge is 0.250 e. The number of hydrogen-bond donors (Lipinski definition) is 3. The van der Waals surface area contributed by atoms with Gasteiger partial charge in [0.1, 0.15) is 5.75 Å². The normalized spacial score (nSPS) is 10.1. The lowest BCUT2D eigenvalue weighted by Crippen LogP contribution is -2.14. The molecule has 0 saturated heterocycles. The molecule has 0 unspecified atom stereocenters. The molecular formula is C16H19N3O2. The fourth-order valence-corrected chi connectivity index (χ4v) is 2.02. The summed E-state index contributed by atoms with van der Waals surface area (Å²) in [6, 6.07) is 13.1. The fourth-order valence-electron chi connectivity index (χ4n) is 2.02. The predicted molar refractivity (Wildman–Crippen MR) is 84.6 cm³/mol. The van der Waals surface area contributed by atoms with Gasteiger partial charge in [0.25, 0.3) is 5.91 Å². The van der Waals surface area contributed by atoms with E-state index < -0.39 is 5.91 Å². The van der Waals surface area contributed by atoms with Crippen LogP contribution in [0.25, 0.3) is 0 Å². The molecule has 2 aromatic carbocycles. The van der Waals surface area contributed by atoms with E-state index in [-0.39, 0.29) is 0 Å². The van der Waals surface area contributed by atoms with Crippen LogP contribution in [-0.4, -0.2) is 19.6 Å². The number of anilines is 2. The van der Waals surface area contributed by atoms with Gasteiger partial charge < -0.3 is 21.5 Å². The molecule has 0 radical (unpaired) electrons. The Morgan fingerprint density at radius 1 is 1.19 bits per heavy atom. The Kier molecular flexibility index (Phi) is 4.66. The first-order valence-electron chi connectivity index (χ1n) is 6.66. The molecule has 2 rings (SSSR count). The van der Waals surface area contributed by atoms with E-state index in [9.17, 15) is 4.79 Å². The zero-order valence-corrected chi connectivity index (χ0v) is 11.9. The summed E-state index contributed by atoms with van der Waals surface area (Å²) in [5, 5.41) is 3.25. The molecule has 0 fully saturated rings. The van der Waals surface area contributed by atoms with E-state index in [0.717, 1.165) is 24.4 Å². The summed E-state index contributed by atoms with van der Waals surface area (Å²) in [6.07, 6.45) is 0.861. The van der Waals surface area contributed by atoms with Crippen molar-refractivity contribution in [3.8, 4) is 5.75 Å². The van der Waals surface area contributed by atoms with E-state index in [1.54, 1.807) is 19.2 Å². The lowest BCUT2D eigenvalue weighted by molar-refractivity contribution is 0.100. The van der Waals surface area contributed by atoms with E-state index in [1.807, 2.05) is 30.3 Å².